The van der Waals surface area contributed by atoms with Gasteiger partial charge in [-0.05, 0) is 30.3 Å². The molecule has 0 fully saturated rings. The van der Waals surface area contributed by atoms with E-state index in [0.29, 0.717) is 40.0 Å². The van der Waals surface area contributed by atoms with Gasteiger partial charge in [-0.3, -0.25) is 4.79 Å². The van der Waals surface area contributed by atoms with Crippen LogP contribution in [0.4, 0.5) is 11.6 Å². The number of halogens is 1. The first kappa shape index (κ1) is 22.2. The number of ether oxygens (including phenoxy) is 2. The third-order valence-corrected chi connectivity index (χ3v) is 5.22. The summed E-state index contributed by atoms with van der Waals surface area (Å²) in [5.41, 5.74) is 2.82. The van der Waals surface area contributed by atoms with Crippen LogP contribution in [0.2, 0.25) is 5.02 Å². The van der Waals surface area contributed by atoms with Crippen LogP contribution in [0.1, 0.15) is 29.3 Å². The van der Waals surface area contributed by atoms with Crippen LogP contribution in [0, 0.1) is 0 Å². The molecule has 0 amide bonds. The molecule has 0 unspecified atom stereocenters. The molecule has 4 aromatic rings. The largest absolute Gasteiger partial charge is 0.495 e. The first-order valence-electron chi connectivity index (χ1n) is 10.2. The van der Waals surface area contributed by atoms with Gasteiger partial charge in [-0.2, -0.15) is 0 Å². The monoisotopic (exact) mass is 464 g/mol. The summed E-state index contributed by atoms with van der Waals surface area (Å²) in [4.78, 5) is 20.7. The van der Waals surface area contributed by atoms with E-state index >= 15 is 0 Å². The van der Waals surface area contributed by atoms with Gasteiger partial charge in [0.2, 0.25) is 5.95 Å². The van der Waals surface area contributed by atoms with Gasteiger partial charge in [0.1, 0.15) is 12.4 Å². The minimum atomic E-state index is -0.00198. The second kappa shape index (κ2) is 10.1. The van der Waals surface area contributed by atoms with Crippen LogP contribution < -0.4 is 14.8 Å². The molecule has 10 heteroatoms. The third kappa shape index (κ3) is 5.27. The molecule has 168 valence electrons. The van der Waals surface area contributed by atoms with Crippen LogP contribution in [0.25, 0.3) is 5.69 Å². The fourth-order valence-electron chi connectivity index (χ4n) is 3.09. The highest BCUT2D eigenvalue weighted by Crippen LogP contribution is 2.31. The first-order chi connectivity index (χ1) is 16.1. The van der Waals surface area contributed by atoms with Crippen LogP contribution in [-0.4, -0.2) is 37.9 Å². The lowest BCUT2D eigenvalue weighted by Crippen LogP contribution is -2.04. The van der Waals surface area contributed by atoms with Crippen molar-refractivity contribution in [3.63, 3.8) is 0 Å². The molecule has 2 heterocycles. The maximum Gasteiger partial charge on any atom is 0.227 e. The summed E-state index contributed by atoms with van der Waals surface area (Å²) in [6.07, 6.45) is 6.88. The van der Waals surface area contributed by atoms with Crippen LogP contribution in [0.15, 0.2) is 61.2 Å². The Morgan fingerprint density at radius 2 is 2.00 bits per heavy atom. The van der Waals surface area contributed by atoms with Gasteiger partial charge in [0.25, 0.3) is 0 Å². The van der Waals surface area contributed by atoms with Crippen LogP contribution in [0.3, 0.4) is 0 Å². The summed E-state index contributed by atoms with van der Waals surface area (Å²) < 4.78 is 12.7. The highest BCUT2D eigenvalue weighted by molar-refractivity contribution is 6.33. The number of nitrogens with one attached hydrogen (secondary N) is 1. The first-order valence-corrected chi connectivity index (χ1v) is 10.5. The van der Waals surface area contributed by atoms with Crippen molar-refractivity contribution in [1.82, 2.24) is 25.0 Å². The molecule has 0 spiro atoms. The lowest BCUT2D eigenvalue weighted by molar-refractivity contribution is 0.0987. The predicted octanol–water partition coefficient (Wildman–Crippen LogP) is 4.63. The molecule has 0 aliphatic heterocycles. The fourth-order valence-corrected chi connectivity index (χ4v) is 3.33. The zero-order valence-corrected chi connectivity index (χ0v) is 18.8. The van der Waals surface area contributed by atoms with Gasteiger partial charge in [-0.15, -0.1) is 5.10 Å². The number of methoxy groups -OCH3 is 1. The lowest BCUT2D eigenvalue weighted by atomic mass is 10.1. The molecule has 0 atom stereocenters. The van der Waals surface area contributed by atoms with E-state index in [2.05, 4.69) is 25.6 Å². The Balaban J connectivity index is 1.44. The Bertz CT molecular complexity index is 1250. The standard InChI is InChI=1S/C23H21ClN6O3/c1-3-20(31)15-9-16(22(24)21(10-15)32-2)14-33-19-12-25-23(26-13-19)28-17-5-4-6-18(11-17)30-8-7-27-29-30/h4-13H,3,14H2,1-2H3,(H,25,26,28). The van der Waals surface area contributed by atoms with Crippen LogP contribution in [0.5, 0.6) is 11.5 Å². The van der Waals surface area contributed by atoms with Gasteiger partial charge in [0.05, 0.1) is 42.6 Å². The molecule has 0 radical (unpaired) electrons. The Morgan fingerprint density at radius 3 is 2.70 bits per heavy atom. The Labute approximate surface area is 195 Å². The topological polar surface area (TPSA) is 104 Å². The maximum atomic E-state index is 12.1. The van der Waals surface area contributed by atoms with Gasteiger partial charge in [0, 0.05) is 23.2 Å². The summed E-state index contributed by atoms with van der Waals surface area (Å²) in [6.45, 7) is 1.94. The van der Waals surface area contributed by atoms with E-state index in [1.165, 1.54) is 7.11 Å². The number of hydrogen-bond donors (Lipinski definition) is 1. The van der Waals surface area contributed by atoms with Crippen molar-refractivity contribution in [2.45, 2.75) is 20.0 Å². The van der Waals surface area contributed by atoms with Crippen molar-refractivity contribution in [1.29, 1.82) is 0 Å². The number of benzene rings is 2. The number of anilines is 2. The predicted molar refractivity (Wildman–Crippen MR) is 124 cm³/mol. The number of nitrogens with zero attached hydrogens (tertiary/aromatic N) is 5. The summed E-state index contributed by atoms with van der Waals surface area (Å²) in [7, 11) is 1.51. The second-order valence-electron chi connectivity index (χ2n) is 6.98. The minimum Gasteiger partial charge on any atom is -0.495 e. The quantitative estimate of drug-likeness (QED) is 0.357. The highest BCUT2D eigenvalue weighted by Gasteiger charge is 2.14. The van der Waals surface area contributed by atoms with E-state index < -0.39 is 0 Å². The van der Waals surface area contributed by atoms with Gasteiger partial charge < -0.3 is 14.8 Å². The molecule has 0 saturated carbocycles. The van der Waals surface area contributed by atoms with E-state index in [9.17, 15) is 4.79 Å². The molecule has 2 aromatic carbocycles. The van der Waals surface area contributed by atoms with Gasteiger partial charge in [-0.1, -0.05) is 29.8 Å². The van der Waals surface area contributed by atoms with E-state index in [4.69, 9.17) is 21.1 Å². The fraction of sp³-hybridized carbons (Fsp3) is 0.174. The molecular formula is C23H21ClN6O3. The second-order valence-corrected chi connectivity index (χ2v) is 7.36. The average Bonchev–Trinajstić information content (AvgIpc) is 3.39. The summed E-state index contributed by atoms with van der Waals surface area (Å²) in [5.74, 6) is 1.30. The Hall–Kier alpha value is -3.98. The molecular weight excluding hydrogens is 444 g/mol. The molecule has 0 bridgehead atoms. The number of hydrogen-bond acceptors (Lipinski definition) is 8. The van der Waals surface area contributed by atoms with Gasteiger partial charge in [-0.25, -0.2) is 14.6 Å². The van der Waals surface area contributed by atoms with Crippen molar-refractivity contribution in [2.75, 3.05) is 12.4 Å². The lowest BCUT2D eigenvalue weighted by Gasteiger charge is -2.13. The summed E-state index contributed by atoms with van der Waals surface area (Å²) >= 11 is 6.39. The Kier molecular flexibility index (Phi) is 6.80. The molecule has 0 aliphatic carbocycles. The zero-order valence-electron chi connectivity index (χ0n) is 18.0. The maximum absolute atomic E-state index is 12.1. The Morgan fingerprint density at radius 1 is 1.18 bits per heavy atom. The van der Waals surface area contributed by atoms with Crippen molar-refractivity contribution < 1.29 is 14.3 Å². The molecule has 0 aliphatic rings. The summed E-state index contributed by atoms with van der Waals surface area (Å²) in [5, 5.41) is 11.3. The van der Waals surface area contributed by atoms with Crippen LogP contribution in [-0.2, 0) is 6.61 Å². The van der Waals surface area contributed by atoms with E-state index in [0.717, 1.165) is 11.4 Å². The number of Topliss-reactive ketones (excluding diaryl/α,β-unsaturated/α-hetero) is 1. The zero-order chi connectivity index (χ0) is 23.2. The molecule has 33 heavy (non-hydrogen) atoms. The smallest absolute Gasteiger partial charge is 0.227 e. The number of carbonyl (C=O) groups is 1. The molecule has 9 nitrogen and oxygen atoms in total. The number of ketones is 1. The third-order valence-electron chi connectivity index (χ3n) is 4.79. The number of aromatic nitrogens is 5. The molecule has 0 saturated heterocycles. The molecule has 4 rings (SSSR count). The van der Waals surface area contributed by atoms with Crippen molar-refractivity contribution in [2.24, 2.45) is 0 Å². The van der Waals surface area contributed by atoms with Crippen molar-refractivity contribution >= 4 is 29.0 Å². The van der Waals surface area contributed by atoms with Crippen molar-refractivity contribution in [3.8, 4) is 17.2 Å². The minimum absolute atomic E-state index is 0.00198. The normalized spacial score (nSPS) is 10.6. The average molecular weight is 465 g/mol. The number of rotatable bonds is 9. The van der Waals surface area contributed by atoms with Gasteiger partial charge in [0.15, 0.2) is 11.5 Å². The number of carbonyl (C=O) groups excluding carboxylic acids is 1. The van der Waals surface area contributed by atoms with Gasteiger partial charge >= 0.3 is 0 Å². The van der Waals surface area contributed by atoms with E-state index in [1.807, 2.05) is 24.3 Å². The highest BCUT2D eigenvalue weighted by atomic mass is 35.5. The molecule has 2 aromatic heterocycles. The van der Waals surface area contributed by atoms with Crippen molar-refractivity contribution in [3.05, 3.63) is 77.3 Å². The van der Waals surface area contributed by atoms with E-state index in [-0.39, 0.29) is 12.4 Å². The van der Waals surface area contributed by atoms with E-state index in [1.54, 1.807) is 48.5 Å². The summed E-state index contributed by atoms with van der Waals surface area (Å²) in [6, 6.07) is 11.0. The van der Waals surface area contributed by atoms with Crippen LogP contribution >= 0.6 is 11.6 Å². The SMILES string of the molecule is CCC(=O)c1cc(COc2cnc(Nc3cccc(-n4ccnn4)c3)nc2)c(Cl)c(OC)c1. The molecule has 1 N–H and O–H groups in total.